The summed E-state index contributed by atoms with van der Waals surface area (Å²) in [5, 5.41) is 15.5. The van der Waals surface area contributed by atoms with Crippen molar-refractivity contribution in [1.82, 2.24) is 5.16 Å². The van der Waals surface area contributed by atoms with E-state index in [0.29, 0.717) is 11.3 Å². The van der Waals surface area contributed by atoms with Gasteiger partial charge in [0.15, 0.2) is 5.58 Å². The number of fused-ring (bicyclic) bond motifs is 3. The highest BCUT2D eigenvalue weighted by atomic mass is 79.9. The van der Waals surface area contributed by atoms with Gasteiger partial charge in [-0.15, -0.1) is 0 Å². The fourth-order valence-corrected chi connectivity index (χ4v) is 2.64. The lowest BCUT2D eigenvalue weighted by Gasteiger charge is -2.02. The lowest BCUT2D eigenvalue weighted by Crippen LogP contribution is -2.00. The van der Waals surface area contributed by atoms with Crippen molar-refractivity contribution >= 4 is 43.6 Å². The highest BCUT2D eigenvalue weighted by molar-refractivity contribution is 9.10. The molecule has 90 valence electrons. The number of halogens is 1. The van der Waals surface area contributed by atoms with Gasteiger partial charge >= 0.3 is 5.97 Å². The Hall–Kier alpha value is -1.88. The molecule has 0 aliphatic heterocycles. The minimum absolute atomic E-state index is 0.140. The zero-order valence-electron chi connectivity index (χ0n) is 9.18. The number of carboxylic acid groups (broad SMARTS) is 1. The predicted molar refractivity (Wildman–Crippen MR) is 70.6 cm³/mol. The summed E-state index contributed by atoms with van der Waals surface area (Å²) in [6, 6.07) is 9.56. The molecule has 1 heterocycles. The average Bonchev–Trinajstić information content (AvgIpc) is 2.72. The van der Waals surface area contributed by atoms with Crippen LogP contribution in [0.25, 0.3) is 21.7 Å². The molecule has 18 heavy (non-hydrogen) atoms. The summed E-state index contributed by atoms with van der Waals surface area (Å²) in [4.78, 5) is 10.8. The molecule has 0 fully saturated rings. The van der Waals surface area contributed by atoms with Gasteiger partial charge in [-0.25, -0.2) is 0 Å². The first-order valence-corrected chi connectivity index (χ1v) is 6.13. The number of aromatic nitrogens is 1. The van der Waals surface area contributed by atoms with Crippen LogP contribution in [0.15, 0.2) is 39.3 Å². The van der Waals surface area contributed by atoms with E-state index >= 15 is 0 Å². The van der Waals surface area contributed by atoms with Crippen molar-refractivity contribution in [2.24, 2.45) is 0 Å². The molecule has 1 aromatic heterocycles. The second kappa shape index (κ2) is 4.10. The molecule has 0 unspecified atom stereocenters. The molecule has 3 aromatic rings. The normalized spacial score (nSPS) is 11.2. The van der Waals surface area contributed by atoms with Crippen LogP contribution in [0.2, 0.25) is 0 Å². The van der Waals surface area contributed by atoms with E-state index in [1.54, 1.807) is 0 Å². The summed E-state index contributed by atoms with van der Waals surface area (Å²) in [5.74, 6) is -0.919. The standard InChI is InChI=1S/C13H8BrNO3/c14-9-5-11-13(8-4-2-1-3-7(8)9)10(15-18-11)6-12(16)17/h1-5H,6H2,(H,16,17). The maximum Gasteiger partial charge on any atom is 0.309 e. The molecule has 0 atom stereocenters. The van der Waals surface area contributed by atoms with E-state index in [0.717, 1.165) is 20.6 Å². The van der Waals surface area contributed by atoms with Gasteiger partial charge in [0.1, 0.15) is 5.69 Å². The van der Waals surface area contributed by atoms with E-state index < -0.39 is 5.97 Å². The number of hydrogen-bond donors (Lipinski definition) is 1. The Morgan fingerprint density at radius 1 is 1.33 bits per heavy atom. The minimum Gasteiger partial charge on any atom is -0.481 e. The van der Waals surface area contributed by atoms with Crippen LogP contribution in [0, 0.1) is 0 Å². The molecule has 0 aliphatic carbocycles. The number of aliphatic carboxylic acids is 1. The van der Waals surface area contributed by atoms with Crippen molar-refractivity contribution < 1.29 is 14.4 Å². The third-order valence-electron chi connectivity index (χ3n) is 2.82. The quantitative estimate of drug-likeness (QED) is 0.788. The summed E-state index contributed by atoms with van der Waals surface area (Å²) < 4.78 is 6.10. The van der Waals surface area contributed by atoms with E-state index in [9.17, 15) is 4.79 Å². The van der Waals surface area contributed by atoms with Crippen LogP contribution in [0.3, 0.4) is 0 Å². The highest BCUT2D eigenvalue weighted by Crippen LogP contribution is 2.33. The second-order valence-corrected chi connectivity index (χ2v) is 4.83. The first-order valence-electron chi connectivity index (χ1n) is 5.34. The van der Waals surface area contributed by atoms with E-state index in [4.69, 9.17) is 9.63 Å². The second-order valence-electron chi connectivity index (χ2n) is 3.98. The minimum atomic E-state index is -0.919. The van der Waals surface area contributed by atoms with E-state index in [-0.39, 0.29) is 6.42 Å². The average molecular weight is 306 g/mol. The molecule has 2 aromatic carbocycles. The molecule has 0 saturated carbocycles. The van der Waals surface area contributed by atoms with Gasteiger partial charge in [-0.2, -0.15) is 0 Å². The van der Waals surface area contributed by atoms with Crippen molar-refractivity contribution in [2.45, 2.75) is 6.42 Å². The van der Waals surface area contributed by atoms with Gasteiger partial charge in [-0.05, 0) is 16.8 Å². The lowest BCUT2D eigenvalue weighted by molar-refractivity contribution is -0.136. The van der Waals surface area contributed by atoms with Crippen LogP contribution >= 0.6 is 15.9 Å². The van der Waals surface area contributed by atoms with Gasteiger partial charge in [0.2, 0.25) is 0 Å². The van der Waals surface area contributed by atoms with Crippen molar-refractivity contribution in [3.05, 3.63) is 40.5 Å². The van der Waals surface area contributed by atoms with Gasteiger partial charge in [-0.1, -0.05) is 45.4 Å². The first-order chi connectivity index (χ1) is 8.66. The molecule has 0 amide bonds. The number of nitrogens with zero attached hydrogens (tertiary/aromatic N) is 1. The smallest absolute Gasteiger partial charge is 0.309 e. The first kappa shape index (κ1) is 11.2. The summed E-state index contributed by atoms with van der Waals surface area (Å²) >= 11 is 3.47. The summed E-state index contributed by atoms with van der Waals surface area (Å²) in [7, 11) is 0. The molecular formula is C13H8BrNO3. The van der Waals surface area contributed by atoms with Crippen molar-refractivity contribution in [2.75, 3.05) is 0 Å². The monoisotopic (exact) mass is 305 g/mol. The zero-order chi connectivity index (χ0) is 12.7. The van der Waals surface area contributed by atoms with Gasteiger partial charge in [0.05, 0.1) is 11.8 Å². The Labute approximate surface area is 110 Å². The van der Waals surface area contributed by atoms with Crippen LogP contribution in [0.5, 0.6) is 0 Å². The molecule has 4 nitrogen and oxygen atoms in total. The van der Waals surface area contributed by atoms with E-state index in [1.165, 1.54) is 0 Å². The lowest BCUT2D eigenvalue weighted by atomic mass is 10.0. The third kappa shape index (κ3) is 1.67. The Morgan fingerprint density at radius 3 is 2.78 bits per heavy atom. The number of hydrogen-bond acceptors (Lipinski definition) is 3. The molecule has 3 rings (SSSR count). The molecule has 0 aliphatic rings. The van der Waals surface area contributed by atoms with Crippen LogP contribution in [-0.4, -0.2) is 16.2 Å². The molecule has 0 saturated heterocycles. The highest BCUT2D eigenvalue weighted by Gasteiger charge is 2.15. The number of benzene rings is 2. The maximum atomic E-state index is 10.8. The fraction of sp³-hybridized carbons (Fsp3) is 0.0769. The Bertz CT molecular complexity index is 763. The topological polar surface area (TPSA) is 63.3 Å². The van der Waals surface area contributed by atoms with Gasteiger partial charge in [0, 0.05) is 4.47 Å². The SMILES string of the molecule is O=C(O)Cc1noc2cc(Br)c3ccccc3c12. The summed E-state index contributed by atoms with van der Waals surface area (Å²) in [6.07, 6.45) is -0.140. The molecule has 1 N–H and O–H groups in total. The molecule has 5 heteroatoms. The van der Waals surface area contributed by atoms with Gasteiger partial charge < -0.3 is 9.63 Å². The fourth-order valence-electron chi connectivity index (χ4n) is 2.09. The third-order valence-corrected chi connectivity index (χ3v) is 3.48. The number of carbonyl (C=O) groups is 1. The van der Waals surface area contributed by atoms with Gasteiger partial charge in [-0.3, -0.25) is 4.79 Å². The number of rotatable bonds is 2. The molecule has 0 spiro atoms. The molecule has 0 radical (unpaired) electrons. The Kier molecular flexibility index (Phi) is 2.56. The van der Waals surface area contributed by atoms with E-state index in [2.05, 4.69) is 21.1 Å². The van der Waals surface area contributed by atoms with Crippen molar-refractivity contribution in [1.29, 1.82) is 0 Å². The van der Waals surface area contributed by atoms with Gasteiger partial charge in [0.25, 0.3) is 0 Å². The molecular weight excluding hydrogens is 298 g/mol. The predicted octanol–water partition coefficient (Wildman–Crippen LogP) is 3.37. The summed E-state index contributed by atoms with van der Waals surface area (Å²) in [5.41, 5.74) is 1.05. The largest absolute Gasteiger partial charge is 0.481 e. The molecule has 0 bridgehead atoms. The van der Waals surface area contributed by atoms with Crippen molar-refractivity contribution in [3.63, 3.8) is 0 Å². The van der Waals surface area contributed by atoms with Crippen molar-refractivity contribution in [3.8, 4) is 0 Å². The van der Waals surface area contributed by atoms with Crippen LogP contribution in [-0.2, 0) is 11.2 Å². The van der Waals surface area contributed by atoms with Crippen LogP contribution in [0.4, 0.5) is 0 Å². The summed E-state index contributed by atoms with van der Waals surface area (Å²) in [6.45, 7) is 0. The Balaban J connectivity index is 2.42. The van der Waals surface area contributed by atoms with Crippen LogP contribution < -0.4 is 0 Å². The van der Waals surface area contributed by atoms with E-state index in [1.807, 2.05) is 30.3 Å². The number of carboxylic acids is 1. The van der Waals surface area contributed by atoms with Crippen LogP contribution in [0.1, 0.15) is 5.69 Å². The Morgan fingerprint density at radius 2 is 2.06 bits per heavy atom. The zero-order valence-corrected chi connectivity index (χ0v) is 10.8. The maximum absolute atomic E-state index is 10.8.